The first-order valence-electron chi connectivity index (χ1n) is 5.17. The van der Waals surface area contributed by atoms with Gasteiger partial charge in [0.25, 0.3) is 0 Å². The highest BCUT2D eigenvalue weighted by Gasteiger charge is 2.14. The number of amides is 1. The molecule has 0 saturated heterocycles. The molecule has 4 nitrogen and oxygen atoms in total. The predicted octanol–water partition coefficient (Wildman–Crippen LogP) is 2.27. The van der Waals surface area contributed by atoms with Gasteiger partial charge in [0.05, 0.1) is 5.52 Å². The van der Waals surface area contributed by atoms with Crippen LogP contribution in [0.5, 0.6) is 0 Å². The van der Waals surface area contributed by atoms with Gasteiger partial charge in [-0.15, -0.1) is 0 Å². The van der Waals surface area contributed by atoms with Crippen LogP contribution in [-0.4, -0.2) is 15.5 Å². The van der Waals surface area contributed by atoms with Gasteiger partial charge < -0.3 is 15.3 Å². The molecule has 1 heterocycles. The Morgan fingerprint density at radius 3 is 3.00 bits per heavy atom. The standard InChI is InChI=1S/C11H12FN3OS/c1-6(5-9(13)16)15-8-4-2-3-7(12)10(8)14-11(15)17/h2-4,6H,5H2,1H3,(H2,13,16)(H,14,17). The first-order chi connectivity index (χ1) is 8.00. The van der Waals surface area contributed by atoms with Crippen molar-refractivity contribution in [1.29, 1.82) is 0 Å². The fourth-order valence-corrected chi connectivity index (χ4v) is 2.31. The van der Waals surface area contributed by atoms with E-state index in [9.17, 15) is 9.18 Å². The molecule has 1 aromatic carbocycles. The number of primary amides is 1. The van der Waals surface area contributed by atoms with Gasteiger partial charge in [-0.2, -0.15) is 0 Å². The van der Waals surface area contributed by atoms with E-state index in [0.717, 1.165) is 0 Å². The number of rotatable bonds is 3. The number of aromatic nitrogens is 2. The lowest BCUT2D eigenvalue weighted by molar-refractivity contribution is -0.118. The number of hydrogen-bond donors (Lipinski definition) is 2. The number of nitrogens with two attached hydrogens (primary N) is 1. The van der Waals surface area contributed by atoms with Crippen molar-refractivity contribution >= 4 is 29.2 Å². The summed E-state index contributed by atoms with van der Waals surface area (Å²) in [5.74, 6) is -0.774. The smallest absolute Gasteiger partial charge is 0.219 e. The molecule has 17 heavy (non-hydrogen) atoms. The lowest BCUT2D eigenvalue weighted by Crippen LogP contribution is -2.17. The minimum absolute atomic E-state index is 0.164. The maximum absolute atomic E-state index is 13.5. The summed E-state index contributed by atoms with van der Waals surface area (Å²) < 4.78 is 15.6. The number of carbonyl (C=O) groups is 1. The lowest BCUT2D eigenvalue weighted by atomic mass is 10.2. The molecule has 0 fully saturated rings. The third-order valence-corrected chi connectivity index (χ3v) is 2.94. The highest BCUT2D eigenvalue weighted by molar-refractivity contribution is 7.71. The van der Waals surface area contributed by atoms with Crippen molar-refractivity contribution in [1.82, 2.24) is 9.55 Å². The Morgan fingerprint density at radius 2 is 2.35 bits per heavy atom. The van der Waals surface area contributed by atoms with Gasteiger partial charge in [0, 0.05) is 12.5 Å². The summed E-state index contributed by atoms with van der Waals surface area (Å²) in [6.07, 6.45) is 0.164. The zero-order valence-corrected chi connectivity index (χ0v) is 10.1. The number of aromatic amines is 1. The average Bonchev–Trinajstić information content (AvgIpc) is 2.55. The fourth-order valence-electron chi connectivity index (χ4n) is 1.93. The summed E-state index contributed by atoms with van der Waals surface area (Å²) in [6.45, 7) is 1.82. The molecule has 90 valence electrons. The van der Waals surface area contributed by atoms with Crippen LogP contribution in [0, 0.1) is 10.6 Å². The number of nitrogens with one attached hydrogen (secondary N) is 1. The molecule has 6 heteroatoms. The zero-order chi connectivity index (χ0) is 12.6. The normalized spacial score (nSPS) is 12.8. The van der Waals surface area contributed by atoms with Crippen molar-refractivity contribution in [2.24, 2.45) is 5.73 Å². The van der Waals surface area contributed by atoms with Crippen molar-refractivity contribution in [3.8, 4) is 0 Å². The third-order valence-electron chi connectivity index (χ3n) is 2.64. The van der Waals surface area contributed by atoms with Gasteiger partial charge in [0.15, 0.2) is 4.77 Å². The van der Waals surface area contributed by atoms with Crippen LogP contribution >= 0.6 is 12.2 Å². The van der Waals surface area contributed by atoms with Gasteiger partial charge in [-0.05, 0) is 31.3 Å². The molecule has 0 bridgehead atoms. The molecule has 0 spiro atoms. The molecule has 0 radical (unpaired) electrons. The van der Waals surface area contributed by atoms with Gasteiger partial charge in [0.2, 0.25) is 5.91 Å². The Morgan fingerprint density at radius 1 is 1.65 bits per heavy atom. The summed E-state index contributed by atoms with van der Waals surface area (Å²) in [4.78, 5) is 13.7. The summed E-state index contributed by atoms with van der Waals surface area (Å²) in [7, 11) is 0. The van der Waals surface area contributed by atoms with Crippen molar-refractivity contribution in [2.45, 2.75) is 19.4 Å². The molecule has 2 aromatic rings. The number of nitrogens with zero attached hydrogens (tertiary/aromatic N) is 1. The Labute approximate surface area is 102 Å². The summed E-state index contributed by atoms with van der Waals surface area (Å²) in [5, 5.41) is 0. The maximum atomic E-state index is 13.5. The molecule has 0 aliphatic carbocycles. The van der Waals surface area contributed by atoms with Gasteiger partial charge in [0.1, 0.15) is 11.3 Å². The van der Waals surface area contributed by atoms with Crippen LogP contribution in [0.1, 0.15) is 19.4 Å². The highest BCUT2D eigenvalue weighted by atomic mass is 32.1. The van der Waals surface area contributed by atoms with Crippen LogP contribution in [0.25, 0.3) is 11.0 Å². The van der Waals surface area contributed by atoms with Gasteiger partial charge in [-0.3, -0.25) is 4.79 Å². The first-order valence-corrected chi connectivity index (χ1v) is 5.58. The minimum Gasteiger partial charge on any atom is -0.370 e. The van der Waals surface area contributed by atoms with E-state index in [0.29, 0.717) is 15.8 Å². The van der Waals surface area contributed by atoms with Crippen LogP contribution in [0.3, 0.4) is 0 Å². The fraction of sp³-hybridized carbons (Fsp3) is 0.273. The second-order valence-corrected chi connectivity index (χ2v) is 4.34. The van der Waals surface area contributed by atoms with Crippen molar-refractivity contribution < 1.29 is 9.18 Å². The number of halogens is 1. The maximum Gasteiger partial charge on any atom is 0.219 e. The quantitative estimate of drug-likeness (QED) is 0.824. The highest BCUT2D eigenvalue weighted by Crippen LogP contribution is 2.22. The number of imidazole rings is 1. The molecular formula is C11H12FN3OS. The molecule has 0 aliphatic heterocycles. The number of fused-ring (bicyclic) bond motifs is 1. The van der Waals surface area contributed by atoms with E-state index in [-0.39, 0.29) is 18.3 Å². The monoisotopic (exact) mass is 253 g/mol. The second-order valence-electron chi connectivity index (χ2n) is 3.95. The van der Waals surface area contributed by atoms with Gasteiger partial charge in [-0.25, -0.2) is 4.39 Å². The van der Waals surface area contributed by atoms with Crippen LogP contribution in [0.15, 0.2) is 18.2 Å². The molecular weight excluding hydrogens is 241 g/mol. The molecule has 0 saturated carbocycles. The largest absolute Gasteiger partial charge is 0.370 e. The third kappa shape index (κ3) is 2.08. The van der Waals surface area contributed by atoms with Crippen LogP contribution in [0.4, 0.5) is 4.39 Å². The SMILES string of the molecule is CC(CC(N)=O)n1c(=S)[nH]c2c(F)cccc21. The topological polar surface area (TPSA) is 63.8 Å². The van der Waals surface area contributed by atoms with E-state index in [1.54, 1.807) is 16.7 Å². The number of benzene rings is 1. The Balaban J connectivity index is 2.61. The van der Waals surface area contributed by atoms with Gasteiger partial charge >= 0.3 is 0 Å². The van der Waals surface area contributed by atoms with E-state index >= 15 is 0 Å². The first kappa shape index (κ1) is 11.8. The number of carbonyl (C=O) groups excluding carboxylic acids is 1. The lowest BCUT2D eigenvalue weighted by Gasteiger charge is -2.12. The van der Waals surface area contributed by atoms with E-state index in [1.165, 1.54) is 6.07 Å². The molecule has 1 aromatic heterocycles. The number of para-hydroxylation sites is 1. The average molecular weight is 253 g/mol. The van der Waals surface area contributed by atoms with E-state index < -0.39 is 5.91 Å². The van der Waals surface area contributed by atoms with Gasteiger partial charge in [-0.1, -0.05) is 6.07 Å². The minimum atomic E-state index is -0.412. The summed E-state index contributed by atoms with van der Waals surface area (Å²) in [5.41, 5.74) is 6.15. The van der Waals surface area contributed by atoms with E-state index in [2.05, 4.69) is 4.98 Å². The summed E-state index contributed by atoms with van der Waals surface area (Å²) in [6, 6.07) is 4.52. The van der Waals surface area contributed by atoms with Crippen molar-refractivity contribution in [3.05, 3.63) is 28.8 Å². The second kappa shape index (κ2) is 4.29. The zero-order valence-electron chi connectivity index (χ0n) is 9.24. The van der Waals surface area contributed by atoms with E-state index in [1.807, 2.05) is 6.92 Å². The Hall–Kier alpha value is -1.69. The number of H-pyrrole nitrogens is 1. The number of hydrogen-bond acceptors (Lipinski definition) is 2. The molecule has 1 unspecified atom stereocenters. The summed E-state index contributed by atoms with van der Waals surface area (Å²) >= 11 is 5.13. The molecule has 1 amide bonds. The van der Waals surface area contributed by atoms with Crippen LogP contribution in [-0.2, 0) is 4.79 Å². The molecule has 2 rings (SSSR count). The predicted molar refractivity (Wildman–Crippen MR) is 65.6 cm³/mol. The molecule has 1 atom stereocenters. The Bertz CT molecular complexity index is 631. The van der Waals surface area contributed by atoms with Crippen LogP contribution < -0.4 is 5.73 Å². The van der Waals surface area contributed by atoms with Crippen molar-refractivity contribution in [3.63, 3.8) is 0 Å². The molecule has 0 aliphatic rings. The van der Waals surface area contributed by atoms with Crippen LogP contribution in [0.2, 0.25) is 0 Å². The van der Waals surface area contributed by atoms with E-state index in [4.69, 9.17) is 18.0 Å². The molecule has 3 N–H and O–H groups in total. The Kier molecular flexibility index (Phi) is 2.97. The van der Waals surface area contributed by atoms with Crippen molar-refractivity contribution in [2.75, 3.05) is 0 Å².